The summed E-state index contributed by atoms with van der Waals surface area (Å²) in [7, 11) is 1.90. The van der Waals surface area contributed by atoms with Crippen molar-refractivity contribution in [1.82, 2.24) is 19.3 Å². The van der Waals surface area contributed by atoms with Crippen LogP contribution in [0.1, 0.15) is 24.4 Å². The van der Waals surface area contributed by atoms with Gasteiger partial charge in [0.2, 0.25) is 0 Å². The van der Waals surface area contributed by atoms with Crippen LogP contribution in [0.4, 0.5) is 0 Å². The number of nitrogens with zero attached hydrogens (tertiary/aromatic N) is 4. The van der Waals surface area contributed by atoms with Gasteiger partial charge in [0.1, 0.15) is 0 Å². The van der Waals surface area contributed by atoms with Gasteiger partial charge in [-0.2, -0.15) is 5.10 Å². The Labute approximate surface area is 88.5 Å². The van der Waals surface area contributed by atoms with Crippen LogP contribution in [0.25, 0.3) is 5.69 Å². The Hall–Kier alpha value is -1.62. The lowest BCUT2D eigenvalue weighted by Gasteiger charge is -2.08. The van der Waals surface area contributed by atoms with Crippen LogP contribution >= 0.6 is 0 Å². The maximum atomic E-state index is 5.87. The molecule has 0 unspecified atom stereocenters. The van der Waals surface area contributed by atoms with E-state index in [1.807, 2.05) is 31.7 Å². The van der Waals surface area contributed by atoms with Gasteiger partial charge in [-0.1, -0.05) is 0 Å². The van der Waals surface area contributed by atoms with Gasteiger partial charge in [0.25, 0.3) is 0 Å². The number of rotatable bonds is 2. The quantitative estimate of drug-likeness (QED) is 0.793. The molecule has 2 aromatic heterocycles. The zero-order valence-corrected chi connectivity index (χ0v) is 9.18. The zero-order chi connectivity index (χ0) is 11.0. The van der Waals surface area contributed by atoms with Gasteiger partial charge in [0.05, 0.1) is 29.6 Å². The predicted molar refractivity (Wildman–Crippen MR) is 57.7 cm³/mol. The highest BCUT2D eigenvalue weighted by atomic mass is 15.3. The molecule has 0 spiro atoms. The molecule has 5 nitrogen and oxygen atoms in total. The van der Waals surface area contributed by atoms with E-state index in [1.165, 1.54) is 0 Å². The third-order valence-corrected chi connectivity index (χ3v) is 2.38. The maximum absolute atomic E-state index is 5.87. The average Bonchev–Trinajstić information content (AvgIpc) is 2.71. The van der Waals surface area contributed by atoms with Gasteiger partial charge < -0.3 is 5.73 Å². The van der Waals surface area contributed by atoms with Crippen LogP contribution in [0, 0.1) is 6.92 Å². The first-order valence-corrected chi connectivity index (χ1v) is 4.88. The summed E-state index contributed by atoms with van der Waals surface area (Å²) < 4.78 is 3.77. The molecule has 2 aromatic rings. The largest absolute Gasteiger partial charge is 0.323 e. The van der Waals surface area contributed by atoms with E-state index in [2.05, 4.69) is 10.1 Å². The van der Waals surface area contributed by atoms with E-state index in [0.717, 1.165) is 17.1 Å². The Balaban J connectivity index is 2.54. The third kappa shape index (κ3) is 1.66. The molecule has 2 heterocycles. The average molecular weight is 205 g/mol. The predicted octanol–water partition coefficient (Wildman–Crippen LogP) is 0.934. The zero-order valence-electron chi connectivity index (χ0n) is 9.18. The number of hydrogen-bond donors (Lipinski definition) is 1. The number of nitrogens with two attached hydrogens (primary N) is 1. The number of aryl methyl sites for hydroxylation is 2. The summed E-state index contributed by atoms with van der Waals surface area (Å²) >= 11 is 0. The fourth-order valence-electron chi connectivity index (χ4n) is 1.67. The Morgan fingerprint density at radius 3 is 2.73 bits per heavy atom. The van der Waals surface area contributed by atoms with Crippen molar-refractivity contribution in [2.45, 2.75) is 19.9 Å². The lowest BCUT2D eigenvalue weighted by Crippen LogP contribution is -2.10. The van der Waals surface area contributed by atoms with Crippen LogP contribution in [0.2, 0.25) is 0 Å². The van der Waals surface area contributed by atoms with Crippen LogP contribution in [-0.4, -0.2) is 19.3 Å². The highest BCUT2D eigenvalue weighted by molar-refractivity contribution is 5.36. The smallest absolute Gasteiger partial charge is 0.0995 e. The monoisotopic (exact) mass is 205 g/mol. The fourth-order valence-corrected chi connectivity index (χ4v) is 1.67. The normalized spacial score (nSPS) is 13.1. The minimum Gasteiger partial charge on any atom is -0.323 e. The second-order valence-electron chi connectivity index (χ2n) is 3.75. The minimum atomic E-state index is -0.0351. The van der Waals surface area contributed by atoms with Gasteiger partial charge >= 0.3 is 0 Å². The summed E-state index contributed by atoms with van der Waals surface area (Å²) in [5, 5.41) is 4.29. The molecule has 0 amide bonds. The molecule has 1 atom stereocenters. The highest BCUT2D eigenvalue weighted by Crippen LogP contribution is 2.17. The van der Waals surface area contributed by atoms with Gasteiger partial charge in [-0.15, -0.1) is 0 Å². The molecule has 0 aliphatic heterocycles. The van der Waals surface area contributed by atoms with Crippen LogP contribution < -0.4 is 5.73 Å². The van der Waals surface area contributed by atoms with Crippen LogP contribution in [0.15, 0.2) is 18.7 Å². The Bertz CT molecular complexity index is 466. The molecule has 5 heteroatoms. The molecule has 80 valence electrons. The second-order valence-corrected chi connectivity index (χ2v) is 3.75. The van der Waals surface area contributed by atoms with Gasteiger partial charge in [-0.05, 0) is 13.8 Å². The SMILES string of the molecule is Cc1nn(C)cc1-n1cncc1[C@@H](C)N. The molecule has 0 bridgehead atoms. The second kappa shape index (κ2) is 3.51. The van der Waals surface area contributed by atoms with Gasteiger partial charge in [0, 0.05) is 19.3 Å². The molecule has 0 saturated heterocycles. The van der Waals surface area contributed by atoms with E-state index in [0.29, 0.717) is 0 Å². The van der Waals surface area contributed by atoms with E-state index < -0.39 is 0 Å². The van der Waals surface area contributed by atoms with E-state index in [1.54, 1.807) is 17.2 Å². The molecular weight excluding hydrogens is 190 g/mol. The van der Waals surface area contributed by atoms with Crippen LogP contribution in [-0.2, 0) is 7.05 Å². The standard InChI is InChI=1S/C10H15N5/c1-7(11)9-4-12-6-15(9)10-5-14(3)13-8(10)2/h4-7H,11H2,1-3H3/t7-/m1/s1. The van der Waals surface area contributed by atoms with Gasteiger partial charge in [-0.25, -0.2) is 4.98 Å². The van der Waals surface area contributed by atoms with Crippen molar-refractivity contribution >= 4 is 0 Å². The van der Waals surface area contributed by atoms with E-state index in [-0.39, 0.29) is 6.04 Å². The molecule has 0 radical (unpaired) electrons. The van der Waals surface area contributed by atoms with E-state index in [4.69, 9.17) is 5.73 Å². The maximum Gasteiger partial charge on any atom is 0.0995 e. The third-order valence-electron chi connectivity index (χ3n) is 2.38. The van der Waals surface area contributed by atoms with Crippen LogP contribution in [0.5, 0.6) is 0 Å². The number of imidazole rings is 1. The summed E-state index contributed by atoms with van der Waals surface area (Å²) in [5.41, 5.74) is 8.86. The van der Waals surface area contributed by atoms with E-state index in [9.17, 15) is 0 Å². The lowest BCUT2D eigenvalue weighted by molar-refractivity contribution is 0.749. The van der Waals surface area contributed by atoms with Crippen LogP contribution in [0.3, 0.4) is 0 Å². The fraction of sp³-hybridized carbons (Fsp3) is 0.400. The summed E-state index contributed by atoms with van der Waals surface area (Å²) in [5.74, 6) is 0. The molecule has 0 aliphatic carbocycles. The molecule has 0 aliphatic rings. The summed E-state index contributed by atoms with van der Waals surface area (Å²) in [6.07, 6.45) is 5.52. The van der Waals surface area contributed by atoms with Crippen molar-refractivity contribution in [1.29, 1.82) is 0 Å². The van der Waals surface area contributed by atoms with Crippen molar-refractivity contribution in [2.24, 2.45) is 12.8 Å². The highest BCUT2D eigenvalue weighted by Gasteiger charge is 2.11. The molecule has 0 fully saturated rings. The summed E-state index contributed by atoms with van der Waals surface area (Å²) in [6.45, 7) is 3.92. The topological polar surface area (TPSA) is 61.7 Å². The lowest BCUT2D eigenvalue weighted by atomic mass is 10.2. The molecule has 0 saturated carbocycles. The first-order chi connectivity index (χ1) is 7.09. The summed E-state index contributed by atoms with van der Waals surface area (Å²) in [6, 6.07) is -0.0351. The number of hydrogen-bond acceptors (Lipinski definition) is 3. The molecule has 0 aromatic carbocycles. The molecule has 2 N–H and O–H groups in total. The Morgan fingerprint density at radius 2 is 2.20 bits per heavy atom. The van der Waals surface area contributed by atoms with Crippen molar-refractivity contribution in [3.05, 3.63) is 30.1 Å². The van der Waals surface area contributed by atoms with Crippen molar-refractivity contribution in [2.75, 3.05) is 0 Å². The number of aromatic nitrogens is 4. The van der Waals surface area contributed by atoms with Crippen molar-refractivity contribution in [3.8, 4) is 5.69 Å². The first kappa shape index (κ1) is 9.92. The van der Waals surface area contributed by atoms with Crippen molar-refractivity contribution < 1.29 is 0 Å². The molecule has 2 rings (SSSR count). The van der Waals surface area contributed by atoms with Crippen molar-refractivity contribution in [3.63, 3.8) is 0 Å². The first-order valence-electron chi connectivity index (χ1n) is 4.88. The molecule has 15 heavy (non-hydrogen) atoms. The Kier molecular flexibility index (Phi) is 2.32. The minimum absolute atomic E-state index is 0.0351. The molecular formula is C10H15N5. The van der Waals surface area contributed by atoms with Gasteiger partial charge in [-0.3, -0.25) is 9.25 Å². The summed E-state index contributed by atoms with van der Waals surface area (Å²) in [4.78, 5) is 4.12. The Morgan fingerprint density at radius 1 is 1.47 bits per heavy atom. The van der Waals surface area contributed by atoms with Gasteiger partial charge in [0.15, 0.2) is 0 Å². The van der Waals surface area contributed by atoms with E-state index >= 15 is 0 Å².